The summed E-state index contributed by atoms with van der Waals surface area (Å²) in [6.45, 7) is 12.6. The van der Waals surface area contributed by atoms with Crippen LogP contribution in [-0.4, -0.2) is 150 Å². The van der Waals surface area contributed by atoms with Gasteiger partial charge < -0.3 is 43.5 Å². The molecule has 17 nitrogen and oxygen atoms in total. The van der Waals surface area contributed by atoms with E-state index in [4.69, 9.17) is 28.4 Å². The highest BCUT2D eigenvalue weighted by molar-refractivity contribution is 6.39. The molecular formula is C53H82N2O15. The molecule has 2 unspecified atom stereocenters. The maximum absolute atomic E-state index is 14.5. The second kappa shape index (κ2) is 27.1. The highest BCUT2D eigenvalue weighted by Crippen LogP contribution is 2.38. The zero-order chi connectivity index (χ0) is 52.0. The van der Waals surface area contributed by atoms with Crippen LogP contribution in [0.3, 0.4) is 0 Å². The lowest BCUT2D eigenvalue weighted by Gasteiger charge is -2.42. The van der Waals surface area contributed by atoms with E-state index in [1.807, 2.05) is 51.2 Å². The van der Waals surface area contributed by atoms with Gasteiger partial charge in [0, 0.05) is 65.5 Å². The Bertz CT molecular complexity index is 1930. The van der Waals surface area contributed by atoms with Gasteiger partial charge in [0.15, 0.2) is 5.78 Å². The molecule has 0 aromatic heterocycles. The number of nitrogens with zero attached hydrogens (tertiary/aromatic N) is 2. The fourth-order valence-electron chi connectivity index (χ4n) is 10.4. The number of piperidine rings is 1. The van der Waals surface area contributed by atoms with Crippen LogP contribution in [0.5, 0.6) is 0 Å². The first-order chi connectivity index (χ1) is 33.1. The van der Waals surface area contributed by atoms with Crippen LogP contribution in [0.15, 0.2) is 47.6 Å². The molecule has 2 amide bonds. The number of hydroxylamine groups is 2. The lowest BCUT2D eigenvalue weighted by atomic mass is 9.78. The maximum atomic E-state index is 14.5. The van der Waals surface area contributed by atoms with Gasteiger partial charge in [-0.1, -0.05) is 71.1 Å². The number of carbonyl (C=O) groups excluding carboxylic acids is 6. The quantitative estimate of drug-likeness (QED) is 0.0799. The summed E-state index contributed by atoms with van der Waals surface area (Å²) in [5.74, 6) is -8.47. The normalized spacial score (nSPS) is 38.2. The minimum Gasteiger partial charge on any atom is -0.460 e. The molecule has 4 rings (SSSR count). The number of hydrogen-bond donors (Lipinski definition) is 3. The second-order valence-electron chi connectivity index (χ2n) is 20.5. The molecule has 15 atom stereocenters. The highest BCUT2D eigenvalue weighted by Gasteiger charge is 2.53. The van der Waals surface area contributed by atoms with Gasteiger partial charge in [0.25, 0.3) is 11.7 Å². The predicted molar refractivity (Wildman–Crippen MR) is 259 cm³/mol. The van der Waals surface area contributed by atoms with Crippen molar-refractivity contribution < 1.29 is 72.6 Å². The number of ketones is 3. The standard InChI is InChI=1S/C53H82N2O15/c1-31-17-13-12-14-18-32(2)43(65-9)29-39-22-20-37(7)53(63,70-39)49(59)50(60)55-24-16-15-19-40(55)51(61)68-44(34(4)27-38-21-23-42(45(28-38)66-10)69-52(62)54(8)64)30-41(56)33(3)26-36(6)47(58)48(67-11)46(57)35(5)25-31/h12-14,17-18,26,31,33-35,37-40,42-45,47-48,58,63-64H,15-16,19-25,27-30H2,1-11H3/b14-12+,17-13+,32-18+,36-26+/t31-,33-,34-,35?,37-,38+,39+,40+,42-,43+,44+,45-,47-,48?,53-/m1/s1. The summed E-state index contributed by atoms with van der Waals surface area (Å²) in [5.41, 5.74) is 1.22. The number of aliphatic hydroxyl groups is 2. The van der Waals surface area contributed by atoms with Gasteiger partial charge in [0.1, 0.15) is 36.2 Å². The number of Topliss-reactive ketones (excluding diaryl/α,β-unsaturated/α-hetero) is 3. The average Bonchev–Trinajstić information content (AvgIpc) is 3.33. The van der Waals surface area contributed by atoms with Crippen molar-refractivity contribution in [3.05, 3.63) is 47.6 Å². The first-order valence-corrected chi connectivity index (χ1v) is 25.2. The Balaban J connectivity index is 1.70. The summed E-state index contributed by atoms with van der Waals surface area (Å²) in [6.07, 6.45) is 9.19. The van der Waals surface area contributed by atoms with E-state index in [1.54, 1.807) is 40.9 Å². The van der Waals surface area contributed by atoms with E-state index < -0.39 is 102 Å². The van der Waals surface area contributed by atoms with Gasteiger partial charge in [0.2, 0.25) is 5.79 Å². The van der Waals surface area contributed by atoms with Crippen molar-refractivity contribution in [1.82, 2.24) is 9.96 Å². The molecule has 0 aromatic carbocycles. The molecule has 3 heterocycles. The SMILES string of the molecule is COC1C(=O)C(C)C[C@H](C)/C=C/C=C/C=C(\C)[C@@H](OC)C[C@@H]2CC[C@@H](C)[C@@](O)(O2)C(=O)C(=O)N2CCCC[C@H]2C(=O)O[C@H]([C@H](C)C[C@@H]2CC[C@@H](OC(=O)N(C)O)[C@H](OC)C2)CC(=O)[C@H](C)/C=C(\C)[C@H]1O. The molecule has 0 spiro atoms. The van der Waals surface area contributed by atoms with Crippen molar-refractivity contribution in [1.29, 1.82) is 0 Å². The molecule has 2 bridgehead atoms. The number of hydrogen-bond acceptors (Lipinski definition) is 15. The van der Waals surface area contributed by atoms with Crippen molar-refractivity contribution in [2.75, 3.05) is 34.9 Å². The molecule has 0 aromatic rings. The van der Waals surface area contributed by atoms with E-state index in [9.17, 15) is 44.2 Å². The summed E-state index contributed by atoms with van der Waals surface area (Å²) in [6, 6.07) is -1.19. The first-order valence-electron chi connectivity index (χ1n) is 25.2. The monoisotopic (exact) mass is 987 g/mol. The summed E-state index contributed by atoms with van der Waals surface area (Å²) in [7, 11) is 5.61. The maximum Gasteiger partial charge on any atom is 0.433 e. The van der Waals surface area contributed by atoms with Gasteiger partial charge in [-0.25, -0.2) is 9.59 Å². The zero-order valence-corrected chi connectivity index (χ0v) is 43.4. The van der Waals surface area contributed by atoms with Crippen LogP contribution in [-0.2, 0) is 52.4 Å². The molecule has 3 fully saturated rings. The van der Waals surface area contributed by atoms with Crippen molar-refractivity contribution in [3.8, 4) is 0 Å². The Kier molecular flexibility index (Phi) is 22.6. The Hall–Kier alpha value is -4.10. The van der Waals surface area contributed by atoms with Crippen molar-refractivity contribution in [3.63, 3.8) is 0 Å². The zero-order valence-electron chi connectivity index (χ0n) is 43.4. The van der Waals surface area contributed by atoms with Gasteiger partial charge >= 0.3 is 12.1 Å². The molecule has 70 heavy (non-hydrogen) atoms. The molecular weight excluding hydrogens is 905 g/mol. The molecule has 17 heteroatoms. The van der Waals surface area contributed by atoms with E-state index in [0.717, 1.165) is 5.57 Å². The third kappa shape index (κ3) is 15.5. The Morgan fingerprint density at radius 1 is 0.886 bits per heavy atom. The van der Waals surface area contributed by atoms with Gasteiger partial charge in [-0.05, 0) is 107 Å². The third-order valence-electron chi connectivity index (χ3n) is 15.0. The molecule has 1 aliphatic carbocycles. The highest BCUT2D eigenvalue weighted by atomic mass is 16.6. The van der Waals surface area contributed by atoms with E-state index in [1.165, 1.54) is 26.2 Å². The molecule has 2 saturated heterocycles. The summed E-state index contributed by atoms with van der Waals surface area (Å²) < 4.78 is 35.0. The van der Waals surface area contributed by atoms with Crippen molar-refractivity contribution in [2.45, 2.75) is 180 Å². The molecule has 394 valence electrons. The number of methoxy groups -OCH3 is 3. The molecule has 3 aliphatic heterocycles. The number of carbonyl (C=O) groups is 6. The van der Waals surface area contributed by atoms with Crippen molar-refractivity contribution >= 4 is 35.3 Å². The minimum absolute atomic E-state index is 0.0000219. The lowest BCUT2D eigenvalue weighted by Crippen LogP contribution is -2.61. The van der Waals surface area contributed by atoms with Gasteiger partial charge in [-0.2, -0.15) is 5.06 Å². The number of rotatable bonds is 7. The number of esters is 1. The van der Waals surface area contributed by atoms with Crippen LogP contribution in [0.25, 0.3) is 0 Å². The van der Waals surface area contributed by atoms with E-state index >= 15 is 0 Å². The average molecular weight is 987 g/mol. The third-order valence-corrected chi connectivity index (χ3v) is 15.0. The Labute approximate surface area is 414 Å². The fourth-order valence-corrected chi connectivity index (χ4v) is 10.4. The van der Waals surface area contributed by atoms with Crippen LogP contribution in [0.1, 0.15) is 126 Å². The number of allylic oxidation sites excluding steroid dienone is 6. The first kappa shape index (κ1) is 58.5. The van der Waals surface area contributed by atoms with Gasteiger partial charge in [-0.15, -0.1) is 0 Å². The largest absolute Gasteiger partial charge is 0.460 e. The topological polar surface area (TPSA) is 225 Å². The summed E-state index contributed by atoms with van der Waals surface area (Å²) in [4.78, 5) is 84.4. The van der Waals surface area contributed by atoms with Crippen molar-refractivity contribution in [2.24, 2.45) is 35.5 Å². The fraction of sp³-hybridized carbons (Fsp3) is 0.736. The second-order valence-corrected chi connectivity index (χ2v) is 20.5. The van der Waals surface area contributed by atoms with E-state index in [-0.39, 0.29) is 42.8 Å². The summed E-state index contributed by atoms with van der Waals surface area (Å²) in [5, 5.41) is 33.4. The summed E-state index contributed by atoms with van der Waals surface area (Å²) >= 11 is 0. The number of amides is 2. The van der Waals surface area contributed by atoms with Crippen LogP contribution >= 0.6 is 0 Å². The Morgan fingerprint density at radius 3 is 2.26 bits per heavy atom. The smallest absolute Gasteiger partial charge is 0.433 e. The molecule has 4 aliphatic rings. The number of aliphatic hydroxyl groups excluding tert-OH is 1. The number of fused-ring (bicyclic) bond motifs is 3. The molecule has 3 N–H and O–H groups in total. The minimum atomic E-state index is -2.46. The van der Waals surface area contributed by atoms with E-state index in [2.05, 4.69) is 0 Å². The van der Waals surface area contributed by atoms with Crippen LogP contribution in [0.4, 0.5) is 4.79 Å². The van der Waals surface area contributed by atoms with Gasteiger partial charge in [-0.3, -0.25) is 24.4 Å². The number of ether oxygens (including phenoxy) is 6. The Morgan fingerprint density at radius 2 is 1.60 bits per heavy atom. The predicted octanol–water partition coefficient (Wildman–Crippen LogP) is 6.65. The van der Waals surface area contributed by atoms with Gasteiger partial charge in [0.05, 0.1) is 18.3 Å². The van der Waals surface area contributed by atoms with E-state index in [0.29, 0.717) is 74.8 Å². The molecule has 0 radical (unpaired) electrons. The molecule has 1 saturated carbocycles. The van der Waals surface area contributed by atoms with Crippen LogP contribution < -0.4 is 0 Å². The van der Waals surface area contributed by atoms with Crippen LogP contribution in [0, 0.1) is 35.5 Å². The lowest BCUT2D eigenvalue weighted by molar-refractivity contribution is -0.265. The van der Waals surface area contributed by atoms with Crippen LogP contribution in [0.2, 0.25) is 0 Å². The number of cyclic esters (lactones) is 1.